The zero-order valence-corrected chi connectivity index (χ0v) is 15.3. The number of nitrogens with zero attached hydrogens (tertiary/aromatic N) is 2. The van der Waals surface area contributed by atoms with Crippen LogP contribution in [0.2, 0.25) is 5.02 Å². The second kappa shape index (κ2) is 7.42. The smallest absolute Gasteiger partial charge is 0.254 e. The molecule has 8 heteroatoms. The van der Waals surface area contributed by atoms with Crippen LogP contribution in [0.5, 0.6) is 0 Å². The molecular weight excluding hydrogens is 373 g/mol. The van der Waals surface area contributed by atoms with Crippen molar-refractivity contribution in [2.45, 2.75) is 18.6 Å². The average Bonchev–Trinajstić information content (AvgIpc) is 3.13. The number of aromatic nitrogens is 1. The highest BCUT2D eigenvalue weighted by Crippen LogP contribution is 2.32. The third-order valence-electron chi connectivity index (χ3n) is 4.82. The quantitative estimate of drug-likeness (QED) is 0.866. The molecule has 2 aromatic rings. The molecule has 2 saturated heterocycles. The van der Waals surface area contributed by atoms with Gasteiger partial charge in [-0.05, 0) is 30.3 Å². The van der Waals surface area contributed by atoms with Crippen molar-refractivity contribution in [1.29, 1.82) is 0 Å². The molecule has 0 atom stereocenters. The van der Waals surface area contributed by atoms with Crippen LogP contribution >= 0.6 is 11.6 Å². The molecule has 0 saturated carbocycles. The van der Waals surface area contributed by atoms with Crippen molar-refractivity contribution >= 4 is 29.0 Å². The summed E-state index contributed by atoms with van der Waals surface area (Å²) in [5.74, 6) is -0.578. The van der Waals surface area contributed by atoms with Gasteiger partial charge >= 0.3 is 0 Å². The Morgan fingerprint density at radius 2 is 1.93 bits per heavy atom. The van der Waals surface area contributed by atoms with Crippen LogP contribution in [-0.4, -0.2) is 47.9 Å². The Bertz CT molecular complexity index is 848. The van der Waals surface area contributed by atoms with Gasteiger partial charge in [0, 0.05) is 43.4 Å². The maximum absolute atomic E-state index is 13.3. The van der Waals surface area contributed by atoms with Crippen molar-refractivity contribution in [3.8, 4) is 0 Å². The first-order valence-electron chi connectivity index (χ1n) is 8.80. The topological polar surface area (TPSA) is 63.7 Å². The van der Waals surface area contributed by atoms with E-state index in [2.05, 4.69) is 10.3 Å². The summed E-state index contributed by atoms with van der Waals surface area (Å²) in [6.45, 7) is 2.39. The maximum Gasteiger partial charge on any atom is 0.254 e. The molecule has 1 spiro atoms. The monoisotopic (exact) mass is 391 g/mol. The Kier molecular flexibility index (Phi) is 4.99. The number of benzene rings is 1. The fraction of sp³-hybridized carbons (Fsp3) is 0.368. The van der Waals surface area contributed by atoms with Gasteiger partial charge in [-0.1, -0.05) is 11.6 Å². The van der Waals surface area contributed by atoms with E-state index in [1.807, 2.05) is 0 Å². The highest BCUT2D eigenvalue weighted by atomic mass is 35.5. The molecule has 2 aliphatic heterocycles. The van der Waals surface area contributed by atoms with Gasteiger partial charge in [-0.25, -0.2) is 9.37 Å². The Labute approximate surface area is 161 Å². The summed E-state index contributed by atoms with van der Waals surface area (Å²) in [5, 5.41) is 3.06. The van der Waals surface area contributed by atoms with E-state index < -0.39 is 11.6 Å². The number of pyridine rings is 1. The highest BCUT2D eigenvalue weighted by Gasteiger charge is 2.40. The van der Waals surface area contributed by atoms with E-state index in [-0.39, 0.29) is 10.9 Å². The van der Waals surface area contributed by atoms with Crippen LogP contribution in [-0.2, 0) is 9.47 Å². The molecule has 27 heavy (non-hydrogen) atoms. The number of halogens is 2. The van der Waals surface area contributed by atoms with Crippen molar-refractivity contribution in [3.63, 3.8) is 0 Å². The number of hydrogen-bond acceptors (Lipinski definition) is 5. The molecule has 2 fully saturated rings. The van der Waals surface area contributed by atoms with Gasteiger partial charge in [0.1, 0.15) is 11.6 Å². The summed E-state index contributed by atoms with van der Waals surface area (Å²) >= 11 is 5.80. The number of piperidine rings is 1. The molecule has 0 bridgehead atoms. The van der Waals surface area contributed by atoms with Gasteiger partial charge in [-0.15, -0.1) is 0 Å². The SMILES string of the molecule is O=C(c1ccnc(Nc2ccc(F)c(Cl)c2)c1)N1CCC2(CC1)OCCO2. The first-order valence-corrected chi connectivity index (χ1v) is 9.18. The van der Waals surface area contributed by atoms with E-state index >= 15 is 0 Å². The van der Waals surface area contributed by atoms with Gasteiger partial charge in [-0.3, -0.25) is 4.79 Å². The lowest BCUT2D eigenvalue weighted by Crippen LogP contribution is -2.47. The van der Waals surface area contributed by atoms with E-state index in [4.69, 9.17) is 21.1 Å². The zero-order chi connectivity index (χ0) is 18.9. The fourth-order valence-electron chi connectivity index (χ4n) is 3.37. The van der Waals surface area contributed by atoms with E-state index in [1.165, 1.54) is 12.1 Å². The molecule has 2 aliphatic rings. The number of amides is 1. The second-order valence-corrected chi connectivity index (χ2v) is 6.99. The lowest BCUT2D eigenvalue weighted by Gasteiger charge is -2.37. The van der Waals surface area contributed by atoms with Crippen molar-refractivity contribution in [2.75, 3.05) is 31.6 Å². The van der Waals surface area contributed by atoms with Crippen molar-refractivity contribution in [1.82, 2.24) is 9.88 Å². The predicted molar refractivity (Wildman–Crippen MR) is 98.7 cm³/mol. The Hall–Kier alpha value is -2.22. The van der Waals surface area contributed by atoms with Crippen LogP contribution in [0.15, 0.2) is 36.5 Å². The van der Waals surface area contributed by atoms with E-state index in [0.29, 0.717) is 56.2 Å². The number of hydrogen-bond donors (Lipinski definition) is 1. The first kappa shape index (κ1) is 18.2. The third-order valence-corrected chi connectivity index (χ3v) is 5.11. The average molecular weight is 392 g/mol. The second-order valence-electron chi connectivity index (χ2n) is 6.58. The summed E-state index contributed by atoms with van der Waals surface area (Å²) in [6, 6.07) is 7.66. The van der Waals surface area contributed by atoms with Crippen molar-refractivity contribution < 1.29 is 18.7 Å². The van der Waals surface area contributed by atoms with Crippen LogP contribution in [0.3, 0.4) is 0 Å². The molecule has 1 N–H and O–H groups in total. The standard InChI is InChI=1S/C19H19ClFN3O3/c20-15-12-14(1-2-16(15)21)23-17-11-13(3-6-22-17)18(25)24-7-4-19(5-8-24)26-9-10-27-19/h1-3,6,11-12H,4-5,7-10H2,(H,22,23). The van der Waals surface area contributed by atoms with Gasteiger partial charge in [-0.2, -0.15) is 0 Å². The molecule has 142 valence electrons. The largest absolute Gasteiger partial charge is 0.347 e. The summed E-state index contributed by atoms with van der Waals surface area (Å²) in [6.07, 6.45) is 2.90. The Morgan fingerprint density at radius 3 is 2.63 bits per heavy atom. The molecular formula is C19H19ClFN3O3. The van der Waals surface area contributed by atoms with Gasteiger partial charge in [0.25, 0.3) is 5.91 Å². The molecule has 0 unspecified atom stereocenters. The number of nitrogens with one attached hydrogen (secondary N) is 1. The van der Waals surface area contributed by atoms with Gasteiger partial charge in [0.2, 0.25) is 0 Å². The minimum absolute atomic E-state index is 0.0193. The van der Waals surface area contributed by atoms with Crippen LogP contribution in [0.4, 0.5) is 15.9 Å². The minimum atomic E-state index is -0.510. The number of carbonyl (C=O) groups is 1. The number of likely N-dealkylation sites (tertiary alicyclic amines) is 1. The zero-order valence-electron chi connectivity index (χ0n) is 14.6. The summed E-state index contributed by atoms with van der Waals surface area (Å²) in [5.41, 5.74) is 1.12. The summed E-state index contributed by atoms with van der Waals surface area (Å²) in [4.78, 5) is 18.8. The molecule has 0 aliphatic carbocycles. The minimum Gasteiger partial charge on any atom is -0.347 e. The lowest BCUT2D eigenvalue weighted by atomic mass is 10.0. The van der Waals surface area contributed by atoms with E-state index in [0.717, 1.165) is 0 Å². The van der Waals surface area contributed by atoms with Crippen molar-refractivity contribution in [2.24, 2.45) is 0 Å². The van der Waals surface area contributed by atoms with E-state index in [1.54, 1.807) is 29.3 Å². The van der Waals surface area contributed by atoms with Crippen LogP contribution in [0, 0.1) is 5.82 Å². The third kappa shape index (κ3) is 3.90. The van der Waals surface area contributed by atoms with Crippen LogP contribution < -0.4 is 5.32 Å². The molecule has 0 radical (unpaired) electrons. The number of ether oxygens (including phenoxy) is 2. The Balaban J connectivity index is 1.44. The molecule has 6 nitrogen and oxygen atoms in total. The molecule has 3 heterocycles. The normalized spacial score (nSPS) is 18.7. The Morgan fingerprint density at radius 1 is 1.19 bits per heavy atom. The predicted octanol–water partition coefficient (Wildman–Crippen LogP) is 3.60. The first-order chi connectivity index (χ1) is 13.0. The van der Waals surface area contributed by atoms with Gasteiger partial charge in [0.15, 0.2) is 5.79 Å². The summed E-state index contributed by atoms with van der Waals surface area (Å²) < 4.78 is 24.7. The highest BCUT2D eigenvalue weighted by molar-refractivity contribution is 6.31. The van der Waals surface area contributed by atoms with E-state index in [9.17, 15) is 9.18 Å². The van der Waals surface area contributed by atoms with Gasteiger partial charge in [0.05, 0.1) is 18.2 Å². The van der Waals surface area contributed by atoms with Crippen LogP contribution in [0.25, 0.3) is 0 Å². The lowest BCUT2D eigenvalue weighted by molar-refractivity contribution is -0.181. The number of rotatable bonds is 3. The number of anilines is 2. The molecule has 1 aromatic heterocycles. The molecule has 4 rings (SSSR count). The summed E-state index contributed by atoms with van der Waals surface area (Å²) in [7, 11) is 0. The molecule has 1 amide bonds. The number of carbonyl (C=O) groups excluding carboxylic acids is 1. The molecule has 1 aromatic carbocycles. The van der Waals surface area contributed by atoms with Gasteiger partial charge < -0.3 is 19.7 Å². The fourth-order valence-corrected chi connectivity index (χ4v) is 3.55. The maximum atomic E-state index is 13.3. The van der Waals surface area contributed by atoms with Crippen LogP contribution in [0.1, 0.15) is 23.2 Å². The van der Waals surface area contributed by atoms with Crippen molar-refractivity contribution in [3.05, 3.63) is 52.9 Å².